The molecule has 1 aromatic heterocycles. The third-order valence-electron chi connectivity index (χ3n) is 2.83. The van der Waals surface area contributed by atoms with E-state index in [0.29, 0.717) is 11.9 Å². The Labute approximate surface area is 83.5 Å². The Morgan fingerprint density at radius 2 is 2.43 bits per heavy atom. The summed E-state index contributed by atoms with van der Waals surface area (Å²) in [4.78, 5) is 18.0. The molecular formula is C10H15N3O. The first-order valence-corrected chi connectivity index (χ1v) is 4.98. The molecule has 0 bridgehead atoms. The van der Waals surface area contributed by atoms with Crippen LogP contribution in [0.15, 0.2) is 12.4 Å². The molecule has 76 valence electrons. The van der Waals surface area contributed by atoms with Crippen molar-refractivity contribution in [2.45, 2.75) is 25.8 Å². The lowest BCUT2D eigenvalue weighted by atomic mass is 10.2. The molecule has 1 aromatic rings. The number of rotatable bonds is 1. The fourth-order valence-electron chi connectivity index (χ4n) is 1.94. The Bertz CT molecular complexity index is 345. The summed E-state index contributed by atoms with van der Waals surface area (Å²) in [6.07, 6.45) is 5.68. The van der Waals surface area contributed by atoms with Gasteiger partial charge in [-0.25, -0.2) is 4.98 Å². The minimum atomic E-state index is 0.0579. The van der Waals surface area contributed by atoms with E-state index < -0.39 is 0 Å². The molecule has 0 unspecified atom stereocenters. The van der Waals surface area contributed by atoms with Crippen LogP contribution in [0.5, 0.6) is 0 Å². The molecule has 2 heterocycles. The maximum absolute atomic E-state index is 12.0. The molecule has 4 nitrogen and oxygen atoms in total. The number of hydrogen-bond donors (Lipinski definition) is 0. The molecule has 14 heavy (non-hydrogen) atoms. The summed E-state index contributed by atoms with van der Waals surface area (Å²) in [5, 5.41) is 0. The molecule has 0 aromatic carbocycles. The van der Waals surface area contributed by atoms with Crippen LogP contribution in [0.25, 0.3) is 0 Å². The number of imidazole rings is 1. The number of amides is 1. The van der Waals surface area contributed by atoms with Gasteiger partial charge in [0.1, 0.15) is 0 Å². The molecule has 2 rings (SSSR count). The maximum atomic E-state index is 12.0. The Balaban J connectivity index is 2.20. The Morgan fingerprint density at radius 3 is 2.93 bits per heavy atom. The minimum absolute atomic E-state index is 0.0579. The third-order valence-corrected chi connectivity index (χ3v) is 2.83. The highest BCUT2D eigenvalue weighted by atomic mass is 16.2. The van der Waals surface area contributed by atoms with Gasteiger partial charge in [0.15, 0.2) is 5.82 Å². The quantitative estimate of drug-likeness (QED) is 0.668. The summed E-state index contributed by atoms with van der Waals surface area (Å²) in [5.41, 5.74) is 0. The SMILES string of the molecule is C[C@@H]1CCCN1C(=O)c1nccn1C. The zero-order valence-corrected chi connectivity index (χ0v) is 8.60. The average Bonchev–Trinajstić information content (AvgIpc) is 2.73. The summed E-state index contributed by atoms with van der Waals surface area (Å²) in [7, 11) is 1.85. The van der Waals surface area contributed by atoms with E-state index in [9.17, 15) is 4.79 Å². The second-order valence-electron chi connectivity index (χ2n) is 3.85. The molecule has 1 amide bonds. The first kappa shape index (κ1) is 9.24. The fourth-order valence-corrected chi connectivity index (χ4v) is 1.94. The highest BCUT2D eigenvalue weighted by Gasteiger charge is 2.27. The number of hydrogen-bond acceptors (Lipinski definition) is 2. The van der Waals surface area contributed by atoms with Crippen LogP contribution in [0.1, 0.15) is 30.4 Å². The molecule has 0 saturated carbocycles. The number of carbonyl (C=O) groups excluding carboxylic acids is 1. The largest absolute Gasteiger partial charge is 0.333 e. The van der Waals surface area contributed by atoms with Crippen LogP contribution >= 0.6 is 0 Å². The highest BCUT2D eigenvalue weighted by molar-refractivity contribution is 5.91. The number of nitrogens with zero attached hydrogens (tertiary/aromatic N) is 3. The predicted octanol–water partition coefficient (Wildman–Crippen LogP) is 1.04. The van der Waals surface area contributed by atoms with Crippen LogP contribution in [0.3, 0.4) is 0 Å². The first-order valence-electron chi connectivity index (χ1n) is 4.98. The van der Waals surface area contributed by atoms with Gasteiger partial charge in [0.25, 0.3) is 5.91 Å². The number of aryl methyl sites for hydroxylation is 1. The van der Waals surface area contributed by atoms with Gasteiger partial charge in [-0.1, -0.05) is 0 Å². The Hall–Kier alpha value is -1.32. The van der Waals surface area contributed by atoms with Crippen molar-refractivity contribution in [3.05, 3.63) is 18.2 Å². The second-order valence-corrected chi connectivity index (χ2v) is 3.85. The van der Waals surface area contributed by atoms with Crippen molar-refractivity contribution in [3.8, 4) is 0 Å². The van der Waals surface area contributed by atoms with E-state index in [2.05, 4.69) is 11.9 Å². The van der Waals surface area contributed by atoms with Crippen molar-refractivity contribution in [2.24, 2.45) is 7.05 Å². The number of likely N-dealkylation sites (tertiary alicyclic amines) is 1. The van der Waals surface area contributed by atoms with Gasteiger partial charge < -0.3 is 9.47 Å². The average molecular weight is 193 g/mol. The van der Waals surface area contributed by atoms with Crippen LogP contribution in [0.2, 0.25) is 0 Å². The molecular weight excluding hydrogens is 178 g/mol. The van der Waals surface area contributed by atoms with E-state index in [4.69, 9.17) is 0 Å². The zero-order valence-electron chi connectivity index (χ0n) is 8.60. The van der Waals surface area contributed by atoms with Crippen LogP contribution < -0.4 is 0 Å². The maximum Gasteiger partial charge on any atom is 0.290 e. The molecule has 1 aliphatic rings. The van der Waals surface area contributed by atoms with Crippen LogP contribution in [0.4, 0.5) is 0 Å². The molecule has 1 saturated heterocycles. The summed E-state index contributed by atoms with van der Waals surface area (Å²) in [5.74, 6) is 0.598. The van der Waals surface area contributed by atoms with Gasteiger partial charge in [-0.3, -0.25) is 4.79 Å². The standard InChI is InChI=1S/C10H15N3O/c1-8-4-3-6-13(8)10(14)9-11-5-7-12(9)2/h5,7-8H,3-4,6H2,1-2H3/t8-/m1/s1. The van der Waals surface area contributed by atoms with Crippen molar-refractivity contribution in [2.75, 3.05) is 6.54 Å². The summed E-state index contributed by atoms with van der Waals surface area (Å²) in [6, 6.07) is 0.360. The summed E-state index contributed by atoms with van der Waals surface area (Å²) < 4.78 is 1.77. The van der Waals surface area contributed by atoms with Gasteiger partial charge in [0, 0.05) is 32.0 Å². The molecule has 4 heteroatoms. The van der Waals surface area contributed by atoms with Crippen LogP contribution in [0, 0.1) is 0 Å². The smallest absolute Gasteiger partial charge is 0.290 e. The van der Waals surface area contributed by atoms with Crippen LogP contribution in [-0.2, 0) is 7.05 Å². The zero-order chi connectivity index (χ0) is 10.1. The van der Waals surface area contributed by atoms with E-state index in [-0.39, 0.29) is 5.91 Å². The minimum Gasteiger partial charge on any atom is -0.333 e. The van der Waals surface area contributed by atoms with Gasteiger partial charge in [0.2, 0.25) is 0 Å². The summed E-state index contributed by atoms with van der Waals surface area (Å²) >= 11 is 0. The van der Waals surface area contributed by atoms with Crippen LogP contribution in [-0.4, -0.2) is 32.9 Å². The van der Waals surface area contributed by atoms with Gasteiger partial charge in [-0.15, -0.1) is 0 Å². The molecule has 0 aliphatic carbocycles. The lowest BCUT2D eigenvalue weighted by molar-refractivity contribution is 0.0731. The summed E-state index contributed by atoms with van der Waals surface area (Å²) in [6.45, 7) is 2.96. The van der Waals surface area contributed by atoms with Gasteiger partial charge in [-0.05, 0) is 19.8 Å². The topological polar surface area (TPSA) is 38.1 Å². The number of aromatic nitrogens is 2. The van der Waals surface area contributed by atoms with Gasteiger partial charge in [0.05, 0.1) is 0 Å². The molecule has 1 aliphatic heterocycles. The van der Waals surface area contributed by atoms with E-state index in [1.165, 1.54) is 0 Å². The first-order chi connectivity index (χ1) is 6.70. The van der Waals surface area contributed by atoms with E-state index in [1.54, 1.807) is 17.0 Å². The Morgan fingerprint density at radius 1 is 1.64 bits per heavy atom. The molecule has 0 N–H and O–H groups in total. The third kappa shape index (κ3) is 1.41. The second kappa shape index (κ2) is 3.44. The monoisotopic (exact) mass is 193 g/mol. The van der Waals surface area contributed by atoms with Crippen molar-refractivity contribution in [1.82, 2.24) is 14.5 Å². The molecule has 0 radical (unpaired) electrons. The fraction of sp³-hybridized carbons (Fsp3) is 0.600. The Kier molecular flexibility index (Phi) is 2.27. The van der Waals surface area contributed by atoms with Gasteiger partial charge >= 0.3 is 0 Å². The lowest BCUT2D eigenvalue weighted by Crippen LogP contribution is -2.35. The van der Waals surface area contributed by atoms with E-state index in [0.717, 1.165) is 19.4 Å². The normalized spacial score (nSPS) is 21.6. The highest BCUT2D eigenvalue weighted by Crippen LogP contribution is 2.18. The van der Waals surface area contributed by atoms with E-state index in [1.807, 2.05) is 11.9 Å². The van der Waals surface area contributed by atoms with Gasteiger partial charge in [-0.2, -0.15) is 0 Å². The van der Waals surface area contributed by atoms with Crippen molar-refractivity contribution in [3.63, 3.8) is 0 Å². The lowest BCUT2D eigenvalue weighted by Gasteiger charge is -2.20. The van der Waals surface area contributed by atoms with Crippen molar-refractivity contribution in [1.29, 1.82) is 0 Å². The van der Waals surface area contributed by atoms with Crippen molar-refractivity contribution < 1.29 is 4.79 Å². The van der Waals surface area contributed by atoms with Crippen molar-refractivity contribution >= 4 is 5.91 Å². The molecule has 1 fully saturated rings. The molecule has 1 atom stereocenters. The number of carbonyl (C=O) groups is 1. The van der Waals surface area contributed by atoms with E-state index >= 15 is 0 Å². The predicted molar refractivity (Wildman–Crippen MR) is 52.9 cm³/mol. The molecule has 0 spiro atoms.